The zero-order valence-electron chi connectivity index (χ0n) is 11.0. The zero-order valence-corrected chi connectivity index (χ0v) is 12.5. The van der Waals surface area contributed by atoms with Gasteiger partial charge in [-0.25, -0.2) is 0 Å². The third kappa shape index (κ3) is 3.57. The topological polar surface area (TPSA) is 75.4 Å². The molecule has 110 valence electrons. The maximum atomic E-state index is 11.4. The highest BCUT2D eigenvalue weighted by atomic mass is 35.5. The van der Waals surface area contributed by atoms with E-state index in [-0.39, 0.29) is 24.0 Å². The summed E-state index contributed by atoms with van der Waals surface area (Å²) in [5.41, 5.74) is 6.02. The Morgan fingerprint density at radius 2 is 1.95 bits per heavy atom. The van der Waals surface area contributed by atoms with Crippen LogP contribution in [0.15, 0.2) is 12.1 Å². The van der Waals surface area contributed by atoms with Crippen molar-refractivity contribution in [1.82, 2.24) is 5.32 Å². The van der Waals surface area contributed by atoms with Crippen LogP contribution in [0.1, 0.15) is 30.7 Å². The number of phenolic OH excluding ortho intramolecular Hbond substituents is 1. The van der Waals surface area contributed by atoms with E-state index in [1.54, 1.807) is 6.07 Å². The third-order valence-electron chi connectivity index (χ3n) is 3.84. The summed E-state index contributed by atoms with van der Waals surface area (Å²) < 4.78 is 0. The van der Waals surface area contributed by atoms with Crippen molar-refractivity contribution in [3.8, 4) is 5.75 Å². The third-order valence-corrected chi connectivity index (χ3v) is 4.57. The van der Waals surface area contributed by atoms with Gasteiger partial charge in [0.05, 0.1) is 10.0 Å². The van der Waals surface area contributed by atoms with Crippen LogP contribution >= 0.6 is 23.2 Å². The minimum absolute atomic E-state index is 0.0733. The largest absolute Gasteiger partial charge is 0.508 e. The normalized spacial score (nSPS) is 17.9. The number of aromatic hydroxyl groups is 1. The number of amides is 1. The fourth-order valence-electron chi connectivity index (χ4n) is 2.84. The minimum Gasteiger partial charge on any atom is -0.508 e. The van der Waals surface area contributed by atoms with E-state index in [1.807, 2.05) is 0 Å². The molecule has 0 radical (unpaired) electrons. The molecule has 4 nitrogen and oxygen atoms in total. The first-order valence-corrected chi connectivity index (χ1v) is 7.41. The standard InChI is InChI=1S/C14H18Cl2N2O2/c15-11-5-10(13(19)7-12(11)16)9(6-14(17)20)8-1-3-18-4-2-8/h5,7-9,18-19H,1-4,6H2,(H2,17,20)/t9-/m0/s1. The first-order chi connectivity index (χ1) is 9.49. The van der Waals surface area contributed by atoms with Gasteiger partial charge in [-0.15, -0.1) is 0 Å². The number of carbonyl (C=O) groups is 1. The van der Waals surface area contributed by atoms with Crippen molar-refractivity contribution in [3.63, 3.8) is 0 Å². The van der Waals surface area contributed by atoms with Crippen molar-refractivity contribution in [3.05, 3.63) is 27.7 Å². The molecule has 1 aliphatic heterocycles. The monoisotopic (exact) mass is 316 g/mol. The lowest BCUT2D eigenvalue weighted by Crippen LogP contribution is -2.32. The van der Waals surface area contributed by atoms with E-state index in [0.717, 1.165) is 25.9 Å². The maximum Gasteiger partial charge on any atom is 0.218 e. The summed E-state index contributed by atoms with van der Waals surface area (Å²) in [6.07, 6.45) is 2.09. The first kappa shape index (κ1) is 15.4. The molecule has 0 spiro atoms. The van der Waals surface area contributed by atoms with E-state index in [2.05, 4.69) is 5.32 Å². The molecule has 1 aliphatic rings. The van der Waals surface area contributed by atoms with Gasteiger partial charge in [0, 0.05) is 12.5 Å². The molecule has 1 amide bonds. The van der Waals surface area contributed by atoms with Crippen LogP contribution in [-0.2, 0) is 4.79 Å². The average Bonchev–Trinajstić information content (AvgIpc) is 2.41. The van der Waals surface area contributed by atoms with E-state index in [4.69, 9.17) is 28.9 Å². The van der Waals surface area contributed by atoms with Gasteiger partial charge in [0.1, 0.15) is 5.75 Å². The molecular formula is C14H18Cl2N2O2. The zero-order chi connectivity index (χ0) is 14.7. The van der Waals surface area contributed by atoms with E-state index < -0.39 is 0 Å². The van der Waals surface area contributed by atoms with Crippen LogP contribution in [0.5, 0.6) is 5.75 Å². The highest BCUT2D eigenvalue weighted by molar-refractivity contribution is 6.42. The highest BCUT2D eigenvalue weighted by Crippen LogP contribution is 2.41. The van der Waals surface area contributed by atoms with Crippen molar-refractivity contribution in [2.45, 2.75) is 25.2 Å². The summed E-state index contributed by atoms with van der Waals surface area (Å²) in [6.45, 7) is 1.81. The molecule has 4 N–H and O–H groups in total. The van der Waals surface area contributed by atoms with E-state index in [9.17, 15) is 9.90 Å². The molecule has 20 heavy (non-hydrogen) atoms. The number of rotatable bonds is 4. The van der Waals surface area contributed by atoms with Crippen LogP contribution in [0.2, 0.25) is 10.0 Å². The van der Waals surface area contributed by atoms with Gasteiger partial charge in [0.25, 0.3) is 0 Å². The lowest BCUT2D eigenvalue weighted by molar-refractivity contribution is -0.118. The molecule has 1 aromatic carbocycles. The number of phenols is 1. The number of nitrogens with one attached hydrogen (secondary N) is 1. The minimum atomic E-state index is -0.376. The smallest absolute Gasteiger partial charge is 0.218 e. The number of hydrogen-bond acceptors (Lipinski definition) is 3. The predicted octanol–water partition coefficient (Wildman–Crippen LogP) is 2.66. The van der Waals surface area contributed by atoms with Gasteiger partial charge in [-0.05, 0) is 49.4 Å². The maximum absolute atomic E-state index is 11.4. The van der Waals surface area contributed by atoms with Gasteiger partial charge in [-0.2, -0.15) is 0 Å². The van der Waals surface area contributed by atoms with Crippen molar-refractivity contribution >= 4 is 29.1 Å². The summed E-state index contributed by atoms with van der Waals surface area (Å²) >= 11 is 11.9. The second-order valence-electron chi connectivity index (χ2n) is 5.19. The lowest BCUT2D eigenvalue weighted by Gasteiger charge is -2.31. The van der Waals surface area contributed by atoms with Crippen LogP contribution in [0.25, 0.3) is 0 Å². The van der Waals surface area contributed by atoms with Crippen LogP contribution in [0.3, 0.4) is 0 Å². The molecule has 1 fully saturated rings. The SMILES string of the molecule is NC(=O)C[C@H](c1cc(Cl)c(Cl)cc1O)C1CCNCC1. The first-order valence-electron chi connectivity index (χ1n) is 6.66. The second-order valence-corrected chi connectivity index (χ2v) is 6.00. The van der Waals surface area contributed by atoms with Crippen molar-refractivity contribution in [2.75, 3.05) is 13.1 Å². The molecule has 0 bridgehead atoms. The molecule has 0 aromatic heterocycles. The number of halogens is 2. The van der Waals surface area contributed by atoms with Crippen LogP contribution in [0, 0.1) is 5.92 Å². The Balaban J connectivity index is 2.34. The molecule has 1 saturated heterocycles. The van der Waals surface area contributed by atoms with Crippen LogP contribution in [-0.4, -0.2) is 24.1 Å². The quantitative estimate of drug-likeness (QED) is 0.799. The molecule has 0 unspecified atom stereocenters. The average molecular weight is 317 g/mol. The molecule has 2 rings (SSSR count). The summed E-state index contributed by atoms with van der Waals surface area (Å²) in [7, 11) is 0. The molecule has 0 saturated carbocycles. The number of nitrogens with two attached hydrogens (primary N) is 1. The lowest BCUT2D eigenvalue weighted by atomic mass is 9.78. The molecule has 1 heterocycles. The Labute approximate surface area is 128 Å². The molecule has 1 atom stereocenters. The Kier molecular flexibility index (Phi) is 5.13. The number of hydrogen-bond donors (Lipinski definition) is 3. The summed E-state index contributed by atoms with van der Waals surface area (Å²) in [4.78, 5) is 11.4. The molecule has 1 aromatic rings. The van der Waals surface area contributed by atoms with Gasteiger partial charge >= 0.3 is 0 Å². The Morgan fingerprint density at radius 1 is 1.35 bits per heavy atom. The summed E-state index contributed by atoms with van der Waals surface area (Å²) in [6, 6.07) is 3.07. The highest BCUT2D eigenvalue weighted by Gasteiger charge is 2.29. The molecule has 0 aliphatic carbocycles. The van der Waals surface area contributed by atoms with Gasteiger partial charge < -0.3 is 16.2 Å². The Bertz CT molecular complexity index is 502. The fourth-order valence-corrected chi connectivity index (χ4v) is 3.17. The summed E-state index contributed by atoms with van der Waals surface area (Å²) in [5, 5.41) is 14.1. The molecule has 6 heteroatoms. The fraction of sp³-hybridized carbons (Fsp3) is 0.500. The summed E-state index contributed by atoms with van der Waals surface area (Å²) in [5.74, 6) is -0.126. The van der Waals surface area contributed by atoms with Crippen molar-refractivity contribution < 1.29 is 9.90 Å². The second kappa shape index (κ2) is 6.66. The predicted molar refractivity (Wildman–Crippen MR) is 80.3 cm³/mol. The van der Waals surface area contributed by atoms with Crippen molar-refractivity contribution in [1.29, 1.82) is 0 Å². The van der Waals surface area contributed by atoms with E-state index in [1.165, 1.54) is 6.07 Å². The van der Waals surface area contributed by atoms with Gasteiger partial charge in [0.15, 0.2) is 0 Å². The van der Waals surface area contributed by atoms with E-state index in [0.29, 0.717) is 21.5 Å². The van der Waals surface area contributed by atoms with Crippen LogP contribution < -0.4 is 11.1 Å². The van der Waals surface area contributed by atoms with Crippen LogP contribution in [0.4, 0.5) is 0 Å². The number of primary amides is 1. The Hall–Kier alpha value is -0.970. The number of carbonyl (C=O) groups excluding carboxylic acids is 1. The number of piperidine rings is 1. The van der Waals surface area contributed by atoms with Gasteiger partial charge in [-0.3, -0.25) is 4.79 Å². The van der Waals surface area contributed by atoms with Gasteiger partial charge in [-0.1, -0.05) is 23.2 Å². The molecular weight excluding hydrogens is 299 g/mol. The number of benzene rings is 1. The Morgan fingerprint density at radius 3 is 2.55 bits per heavy atom. The van der Waals surface area contributed by atoms with Gasteiger partial charge in [0.2, 0.25) is 5.91 Å². The van der Waals surface area contributed by atoms with Crippen molar-refractivity contribution in [2.24, 2.45) is 11.7 Å². The van der Waals surface area contributed by atoms with E-state index >= 15 is 0 Å².